The number of hydrogen-bond donors (Lipinski definition) is 3. The smallest absolute Gasteiger partial charge is 0.224 e. The van der Waals surface area contributed by atoms with Gasteiger partial charge >= 0.3 is 0 Å². The van der Waals surface area contributed by atoms with E-state index in [1.54, 1.807) is 0 Å². The molecule has 1 heterocycles. The first-order valence-corrected chi connectivity index (χ1v) is 7.40. The Hall–Kier alpha value is -0.610. The van der Waals surface area contributed by atoms with Gasteiger partial charge in [-0.25, -0.2) is 0 Å². The largest absolute Gasteiger partial charge is 0.391 e. The van der Waals surface area contributed by atoms with E-state index in [1.165, 1.54) is 0 Å². The first-order chi connectivity index (χ1) is 8.71. The molecule has 0 radical (unpaired) electrons. The lowest BCUT2D eigenvalue weighted by Gasteiger charge is -2.29. The van der Waals surface area contributed by atoms with E-state index < -0.39 is 0 Å². The fraction of sp³-hybridized carbons (Fsp3) is 0.929. The van der Waals surface area contributed by atoms with E-state index in [2.05, 4.69) is 10.6 Å². The van der Waals surface area contributed by atoms with Crippen LogP contribution >= 0.6 is 0 Å². The number of hydrogen-bond acceptors (Lipinski definition) is 3. The van der Waals surface area contributed by atoms with Crippen LogP contribution < -0.4 is 10.6 Å². The van der Waals surface area contributed by atoms with Crippen molar-refractivity contribution >= 4 is 5.91 Å². The molecule has 1 aliphatic heterocycles. The molecular weight excluding hydrogens is 228 g/mol. The lowest BCUT2D eigenvalue weighted by atomic mass is 9.90. The minimum Gasteiger partial charge on any atom is -0.391 e. The Morgan fingerprint density at radius 3 is 2.67 bits per heavy atom. The highest BCUT2D eigenvalue weighted by Crippen LogP contribution is 2.58. The van der Waals surface area contributed by atoms with E-state index in [4.69, 9.17) is 0 Å². The van der Waals surface area contributed by atoms with E-state index in [1.807, 2.05) is 0 Å². The van der Waals surface area contributed by atoms with Crippen LogP contribution in [-0.4, -0.2) is 36.2 Å². The van der Waals surface area contributed by atoms with E-state index in [0.717, 1.165) is 58.0 Å². The molecule has 3 fully saturated rings. The van der Waals surface area contributed by atoms with Gasteiger partial charge in [-0.1, -0.05) is 12.8 Å². The van der Waals surface area contributed by atoms with E-state index in [-0.39, 0.29) is 24.0 Å². The summed E-state index contributed by atoms with van der Waals surface area (Å²) in [6.45, 7) is 2.10. The highest BCUT2D eigenvalue weighted by molar-refractivity contribution is 5.83. The summed E-state index contributed by atoms with van der Waals surface area (Å²) in [5, 5.41) is 16.3. The van der Waals surface area contributed by atoms with Gasteiger partial charge in [0, 0.05) is 5.92 Å². The Morgan fingerprint density at radius 2 is 1.94 bits per heavy atom. The SMILES string of the molecule is O=C(N[C@@H]1CCCC[C@H]1O)C1CC12CCNCC2. The molecule has 3 aliphatic rings. The summed E-state index contributed by atoms with van der Waals surface area (Å²) in [6, 6.07) is 0.00520. The molecule has 4 heteroatoms. The molecule has 2 aliphatic carbocycles. The summed E-state index contributed by atoms with van der Waals surface area (Å²) in [5.41, 5.74) is 0.301. The second-order valence-corrected chi connectivity index (χ2v) is 6.34. The van der Waals surface area contributed by atoms with Gasteiger partial charge in [0.25, 0.3) is 0 Å². The molecule has 0 bridgehead atoms. The lowest BCUT2D eigenvalue weighted by molar-refractivity contribution is -0.125. The second kappa shape index (κ2) is 4.82. The van der Waals surface area contributed by atoms with E-state index >= 15 is 0 Å². The summed E-state index contributed by atoms with van der Waals surface area (Å²) in [7, 11) is 0. The third-order valence-corrected chi connectivity index (χ3v) is 5.16. The van der Waals surface area contributed by atoms with Crippen molar-refractivity contribution in [2.24, 2.45) is 11.3 Å². The number of aliphatic hydroxyl groups is 1. The van der Waals surface area contributed by atoms with Crippen molar-refractivity contribution in [2.45, 2.75) is 57.1 Å². The Labute approximate surface area is 109 Å². The van der Waals surface area contributed by atoms with Crippen LogP contribution in [0.2, 0.25) is 0 Å². The van der Waals surface area contributed by atoms with Gasteiger partial charge in [-0.3, -0.25) is 4.79 Å². The van der Waals surface area contributed by atoms with Crippen LogP contribution in [0.25, 0.3) is 0 Å². The molecule has 0 aromatic heterocycles. The molecule has 4 nitrogen and oxygen atoms in total. The van der Waals surface area contributed by atoms with Gasteiger partial charge in [0.05, 0.1) is 12.1 Å². The van der Waals surface area contributed by atoms with Crippen LogP contribution in [0.15, 0.2) is 0 Å². The van der Waals surface area contributed by atoms with Crippen LogP contribution in [0.1, 0.15) is 44.9 Å². The van der Waals surface area contributed by atoms with Crippen molar-refractivity contribution in [3.05, 3.63) is 0 Å². The predicted molar refractivity (Wildman–Crippen MR) is 69.0 cm³/mol. The van der Waals surface area contributed by atoms with Gasteiger partial charge in [0.1, 0.15) is 0 Å². The minimum absolute atomic E-state index is 0.00520. The van der Waals surface area contributed by atoms with Gasteiger partial charge < -0.3 is 15.7 Å². The summed E-state index contributed by atoms with van der Waals surface area (Å²) in [4.78, 5) is 12.2. The molecule has 3 atom stereocenters. The number of piperidine rings is 1. The van der Waals surface area contributed by atoms with Gasteiger partial charge in [-0.05, 0) is 50.6 Å². The molecule has 3 rings (SSSR count). The average molecular weight is 252 g/mol. The van der Waals surface area contributed by atoms with Gasteiger partial charge in [-0.15, -0.1) is 0 Å². The minimum atomic E-state index is -0.328. The third kappa shape index (κ3) is 2.28. The molecule has 102 valence electrons. The summed E-state index contributed by atoms with van der Waals surface area (Å²) in [5.74, 6) is 0.413. The van der Waals surface area contributed by atoms with E-state index in [0.29, 0.717) is 5.41 Å². The maximum absolute atomic E-state index is 12.2. The highest BCUT2D eigenvalue weighted by Gasteiger charge is 2.57. The molecular formula is C14H24N2O2. The van der Waals surface area contributed by atoms with Crippen LogP contribution in [0.4, 0.5) is 0 Å². The average Bonchev–Trinajstić information content (AvgIpc) is 3.07. The molecule has 0 aromatic rings. The zero-order valence-electron chi connectivity index (χ0n) is 11.0. The summed E-state index contributed by atoms with van der Waals surface area (Å²) in [6.07, 6.45) is 7.00. The quantitative estimate of drug-likeness (QED) is 0.681. The number of amides is 1. The van der Waals surface area contributed by atoms with Crippen molar-refractivity contribution in [1.29, 1.82) is 0 Å². The van der Waals surface area contributed by atoms with Gasteiger partial charge in [0.2, 0.25) is 5.91 Å². The van der Waals surface area contributed by atoms with Gasteiger partial charge in [-0.2, -0.15) is 0 Å². The topological polar surface area (TPSA) is 61.4 Å². The number of nitrogens with one attached hydrogen (secondary N) is 2. The zero-order chi connectivity index (χ0) is 12.6. The van der Waals surface area contributed by atoms with Crippen molar-refractivity contribution < 1.29 is 9.90 Å². The molecule has 18 heavy (non-hydrogen) atoms. The standard InChI is InChI=1S/C14H24N2O2/c17-12-4-2-1-3-11(12)16-13(18)10-9-14(10)5-7-15-8-6-14/h10-12,15,17H,1-9H2,(H,16,18)/t10?,11-,12-/m1/s1. The second-order valence-electron chi connectivity index (χ2n) is 6.34. The maximum atomic E-state index is 12.2. The number of rotatable bonds is 2. The molecule has 1 saturated heterocycles. The summed E-state index contributed by atoms with van der Waals surface area (Å²) >= 11 is 0. The Morgan fingerprint density at radius 1 is 1.22 bits per heavy atom. The molecule has 3 N–H and O–H groups in total. The van der Waals surface area contributed by atoms with Crippen LogP contribution in [0, 0.1) is 11.3 Å². The monoisotopic (exact) mass is 252 g/mol. The Bertz CT molecular complexity index is 326. The van der Waals surface area contributed by atoms with E-state index in [9.17, 15) is 9.90 Å². The van der Waals surface area contributed by atoms with Crippen molar-refractivity contribution in [2.75, 3.05) is 13.1 Å². The highest BCUT2D eigenvalue weighted by atomic mass is 16.3. The Kier molecular flexibility index (Phi) is 3.32. The molecule has 2 saturated carbocycles. The molecule has 1 amide bonds. The third-order valence-electron chi connectivity index (χ3n) is 5.16. The van der Waals surface area contributed by atoms with Crippen LogP contribution in [0.3, 0.4) is 0 Å². The van der Waals surface area contributed by atoms with Gasteiger partial charge in [0.15, 0.2) is 0 Å². The number of carbonyl (C=O) groups is 1. The first-order valence-electron chi connectivity index (χ1n) is 7.40. The predicted octanol–water partition coefficient (Wildman–Crippen LogP) is 0.796. The summed E-state index contributed by atoms with van der Waals surface area (Å²) < 4.78 is 0. The maximum Gasteiger partial charge on any atom is 0.224 e. The van der Waals surface area contributed by atoms with Crippen LogP contribution in [0.5, 0.6) is 0 Å². The fourth-order valence-electron chi connectivity index (χ4n) is 3.76. The van der Waals surface area contributed by atoms with Crippen molar-refractivity contribution in [3.8, 4) is 0 Å². The molecule has 1 spiro atoms. The number of carbonyl (C=O) groups excluding carboxylic acids is 1. The Balaban J connectivity index is 1.53. The lowest BCUT2D eigenvalue weighted by Crippen LogP contribution is -2.46. The fourth-order valence-corrected chi connectivity index (χ4v) is 3.76. The normalized spacial score (nSPS) is 38.4. The molecule has 1 unspecified atom stereocenters. The van der Waals surface area contributed by atoms with Crippen molar-refractivity contribution in [1.82, 2.24) is 10.6 Å². The zero-order valence-corrected chi connectivity index (χ0v) is 11.0. The first kappa shape index (κ1) is 12.4. The molecule has 0 aromatic carbocycles. The van der Waals surface area contributed by atoms with Crippen LogP contribution in [-0.2, 0) is 4.79 Å². The van der Waals surface area contributed by atoms with Crippen molar-refractivity contribution in [3.63, 3.8) is 0 Å². The number of aliphatic hydroxyl groups excluding tert-OH is 1.